The molecule has 1 aliphatic carbocycles. The monoisotopic (exact) mass is 238 g/mol. The highest BCUT2D eigenvalue weighted by Crippen LogP contribution is 2.30. The molecule has 1 aromatic rings. The molecule has 16 heavy (non-hydrogen) atoms. The van der Waals surface area contributed by atoms with Gasteiger partial charge >= 0.3 is 0 Å². The summed E-state index contributed by atoms with van der Waals surface area (Å²) in [6.45, 7) is 5.59. The lowest BCUT2D eigenvalue weighted by Gasteiger charge is -2.26. The summed E-state index contributed by atoms with van der Waals surface area (Å²) in [7, 11) is 0. The molecule has 0 unspecified atom stereocenters. The van der Waals surface area contributed by atoms with Crippen LogP contribution < -0.4 is 0 Å². The average Bonchev–Trinajstić information content (AvgIpc) is 2.59. The van der Waals surface area contributed by atoms with E-state index in [4.69, 9.17) is 12.2 Å². The lowest BCUT2D eigenvalue weighted by atomic mass is 9.81. The van der Waals surface area contributed by atoms with Crippen molar-refractivity contribution in [3.8, 4) is 0 Å². The molecule has 2 rings (SSSR count). The fourth-order valence-corrected chi connectivity index (χ4v) is 2.98. The number of H-pyrrole nitrogens is 1. The number of rotatable bonds is 3. The minimum Gasteiger partial charge on any atom is -0.337 e. The molecule has 0 aliphatic heterocycles. The summed E-state index contributed by atoms with van der Waals surface area (Å²) >= 11 is 5.27. The quantitative estimate of drug-likeness (QED) is 0.787. The number of nitrogens with one attached hydrogen (secondary N) is 1. The van der Waals surface area contributed by atoms with Crippen LogP contribution in [0.3, 0.4) is 0 Å². The van der Waals surface area contributed by atoms with Gasteiger partial charge in [-0.05, 0) is 37.4 Å². The number of nitrogens with zero attached hydrogens (tertiary/aromatic N) is 1. The first kappa shape index (κ1) is 11.9. The van der Waals surface area contributed by atoms with Crippen LogP contribution in [0.5, 0.6) is 0 Å². The van der Waals surface area contributed by atoms with Crippen LogP contribution in [0.1, 0.15) is 44.7 Å². The summed E-state index contributed by atoms with van der Waals surface area (Å²) in [5.41, 5.74) is 1.26. The van der Waals surface area contributed by atoms with Crippen LogP contribution in [0.15, 0.2) is 6.20 Å². The second-order valence-electron chi connectivity index (χ2n) is 5.30. The zero-order valence-electron chi connectivity index (χ0n) is 10.3. The number of imidazole rings is 1. The SMILES string of the molecule is Cc1c[nH]c(=S)n1CCC1CCC(C)CC1. The maximum Gasteiger partial charge on any atom is 0.177 e. The van der Waals surface area contributed by atoms with E-state index in [1.807, 2.05) is 6.20 Å². The van der Waals surface area contributed by atoms with E-state index in [0.717, 1.165) is 23.2 Å². The second kappa shape index (κ2) is 5.17. The van der Waals surface area contributed by atoms with E-state index in [2.05, 4.69) is 23.4 Å². The largest absolute Gasteiger partial charge is 0.337 e. The molecule has 0 saturated heterocycles. The number of aromatic nitrogens is 2. The Morgan fingerprint density at radius 1 is 1.38 bits per heavy atom. The maximum atomic E-state index is 5.27. The second-order valence-corrected chi connectivity index (χ2v) is 5.69. The Bertz CT molecular complexity index is 383. The van der Waals surface area contributed by atoms with E-state index in [9.17, 15) is 0 Å². The number of hydrogen-bond acceptors (Lipinski definition) is 1. The number of aryl methyl sites for hydroxylation is 1. The Kier molecular flexibility index (Phi) is 3.85. The van der Waals surface area contributed by atoms with Crippen molar-refractivity contribution >= 4 is 12.2 Å². The highest BCUT2D eigenvalue weighted by molar-refractivity contribution is 7.71. The molecule has 1 aromatic heterocycles. The van der Waals surface area contributed by atoms with Crippen molar-refractivity contribution in [3.05, 3.63) is 16.7 Å². The topological polar surface area (TPSA) is 20.7 Å². The summed E-state index contributed by atoms with van der Waals surface area (Å²) in [6, 6.07) is 0. The van der Waals surface area contributed by atoms with Crippen molar-refractivity contribution in [2.75, 3.05) is 0 Å². The Morgan fingerprint density at radius 3 is 2.62 bits per heavy atom. The van der Waals surface area contributed by atoms with E-state index in [1.54, 1.807) is 0 Å². The normalized spacial score (nSPS) is 25.9. The summed E-state index contributed by atoms with van der Waals surface area (Å²) in [6.07, 6.45) is 8.96. The van der Waals surface area contributed by atoms with Gasteiger partial charge in [0.2, 0.25) is 0 Å². The van der Waals surface area contributed by atoms with Crippen LogP contribution >= 0.6 is 12.2 Å². The van der Waals surface area contributed by atoms with Gasteiger partial charge in [-0.2, -0.15) is 0 Å². The molecular weight excluding hydrogens is 216 g/mol. The van der Waals surface area contributed by atoms with Crippen molar-refractivity contribution in [1.29, 1.82) is 0 Å². The van der Waals surface area contributed by atoms with E-state index in [-0.39, 0.29) is 0 Å². The van der Waals surface area contributed by atoms with Crippen LogP contribution in [0.2, 0.25) is 0 Å². The molecule has 1 N–H and O–H groups in total. The maximum absolute atomic E-state index is 5.27. The first-order valence-electron chi connectivity index (χ1n) is 6.41. The molecule has 3 heteroatoms. The van der Waals surface area contributed by atoms with Crippen molar-refractivity contribution in [1.82, 2.24) is 9.55 Å². The van der Waals surface area contributed by atoms with Gasteiger partial charge in [-0.1, -0.05) is 32.6 Å². The minimum absolute atomic E-state index is 0.877. The Balaban J connectivity index is 1.86. The van der Waals surface area contributed by atoms with Crippen LogP contribution in [0.4, 0.5) is 0 Å². The van der Waals surface area contributed by atoms with Crippen molar-refractivity contribution in [3.63, 3.8) is 0 Å². The molecule has 1 aliphatic rings. The lowest BCUT2D eigenvalue weighted by Crippen LogP contribution is -2.14. The number of hydrogen-bond donors (Lipinski definition) is 1. The fraction of sp³-hybridized carbons (Fsp3) is 0.769. The molecular formula is C13H22N2S. The van der Waals surface area contributed by atoms with Gasteiger partial charge in [-0.25, -0.2) is 0 Å². The van der Waals surface area contributed by atoms with E-state index in [0.29, 0.717) is 0 Å². The van der Waals surface area contributed by atoms with Crippen LogP contribution in [-0.2, 0) is 6.54 Å². The van der Waals surface area contributed by atoms with Crippen molar-refractivity contribution in [2.24, 2.45) is 11.8 Å². The Morgan fingerprint density at radius 2 is 2.06 bits per heavy atom. The standard InChI is InChI=1S/C13H22N2S/c1-10-3-5-12(6-4-10)7-8-15-11(2)9-14-13(15)16/h9-10,12H,3-8H2,1-2H3,(H,14,16). The van der Waals surface area contributed by atoms with E-state index >= 15 is 0 Å². The van der Waals surface area contributed by atoms with Crippen LogP contribution in [-0.4, -0.2) is 9.55 Å². The highest BCUT2D eigenvalue weighted by Gasteiger charge is 2.18. The molecule has 0 aromatic carbocycles. The first-order chi connectivity index (χ1) is 7.66. The molecule has 1 saturated carbocycles. The predicted octanol–water partition coefficient (Wildman–Crippen LogP) is 4.07. The van der Waals surface area contributed by atoms with Gasteiger partial charge in [0, 0.05) is 18.4 Å². The molecule has 1 heterocycles. The van der Waals surface area contributed by atoms with Gasteiger partial charge in [-0.3, -0.25) is 0 Å². The van der Waals surface area contributed by atoms with Gasteiger partial charge in [0.1, 0.15) is 0 Å². The van der Waals surface area contributed by atoms with Crippen LogP contribution in [0, 0.1) is 23.5 Å². The van der Waals surface area contributed by atoms with Gasteiger partial charge in [0.15, 0.2) is 4.77 Å². The third-order valence-corrected chi connectivity index (χ3v) is 4.31. The van der Waals surface area contributed by atoms with Gasteiger partial charge in [0.05, 0.1) is 0 Å². The van der Waals surface area contributed by atoms with E-state index in [1.165, 1.54) is 37.8 Å². The molecule has 0 spiro atoms. The van der Waals surface area contributed by atoms with Crippen molar-refractivity contribution in [2.45, 2.75) is 52.5 Å². The third-order valence-electron chi connectivity index (χ3n) is 3.97. The van der Waals surface area contributed by atoms with Gasteiger partial charge in [-0.15, -0.1) is 0 Å². The van der Waals surface area contributed by atoms with Gasteiger partial charge < -0.3 is 9.55 Å². The molecule has 90 valence electrons. The minimum atomic E-state index is 0.877. The van der Waals surface area contributed by atoms with E-state index < -0.39 is 0 Å². The molecule has 1 fully saturated rings. The summed E-state index contributed by atoms with van der Waals surface area (Å²) in [5.74, 6) is 1.87. The number of aromatic amines is 1. The highest BCUT2D eigenvalue weighted by atomic mass is 32.1. The average molecular weight is 238 g/mol. The molecule has 2 nitrogen and oxygen atoms in total. The molecule has 0 radical (unpaired) electrons. The van der Waals surface area contributed by atoms with Crippen LogP contribution in [0.25, 0.3) is 0 Å². The summed E-state index contributed by atoms with van der Waals surface area (Å²) in [5, 5.41) is 0. The fourth-order valence-electron chi connectivity index (χ4n) is 2.69. The Hall–Kier alpha value is -0.570. The molecule has 0 bridgehead atoms. The zero-order valence-corrected chi connectivity index (χ0v) is 11.1. The smallest absolute Gasteiger partial charge is 0.177 e. The third kappa shape index (κ3) is 2.76. The zero-order chi connectivity index (χ0) is 11.5. The molecule has 0 amide bonds. The lowest BCUT2D eigenvalue weighted by molar-refractivity contribution is 0.268. The molecule has 0 atom stereocenters. The Labute approximate surface area is 103 Å². The van der Waals surface area contributed by atoms with Crippen molar-refractivity contribution < 1.29 is 0 Å². The summed E-state index contributed by atoms with van der Waals surface area (Å²) < 4.78 is 3.11. The van der Waals surface area contributed by atoms with Gasteiger partial charge in [0.25, 0.3) is 0 Å². The first-order valence-corrected chi connectivity index (χ1v) is 6.82. The predicted molar refractivity (Wildman–Crippen MR) is 70.1 cm³/mol. The summed E-state index contributed by atoms with van der Waals surface area (Å²) in [4.78, 5) is 3.11.